The number of pyridine rings is 1. The number of piperidine rings is 1. The second-order valence-electron chi connectivity index (χ2n) is 14.9. The minimum absolute atomic E-state index is 0.0572. The molecule has 3 aromatic heterocycles. The van der Waals surface area contributed by atoms with E-state index in [4.69, 9.17) is 4.03 Å². The summed E-state index contributed by atoms with van der Waals surface area (Å²) in [5.41, 5.74) is 0.835. The Kier molecular flexibility index (Phi) is 8.14. The molecule has 1 unspecified atom stereocenters. The Labute approximate surface area is 289 Å². The van der Waals surface area contributed by atoms with Crippen molar-refractivity contribution in [3.05, 3.63) is 94.6 Å². The van der Waals surface area contributed by atoms with E-state index in [2.05, 4.69) is 49.0 Å². The van der Waals surface area contributed by atoms with Gasteiger partial charge in [-0.05, 0) is 91.9 Å². The summed E-state index contributed by atoms with van der Waals surface area (Å²) in [7, 11) is -5.95. The van der Waals surface area contributed by atoms with Crippen molar-refractivity contribution in [1.82, 2.24) is 28.9 Å². The number of Topliss-reactive ketones (excluding diaryl/α,β-unsaturated/α-hetero) is 1. The molecule has 0 bridgehead atoms. The van der Waals surface area contributed by atoms with Crippen LogP contribution in [-0.2, 0) is 35.5 Å². The maximum atomic E-state index is 15.8. The fraction of sp³-hybridized carbons (Fsp3) is 0.429. The molecule has 4 aromatic rings. The summed E-state index contributed by atoms with van der Waals surface area (Å²) in [6.07, 6.45) is 3.41. The first-order valence-electron chi connectivity index (χ1n) is 16.6. The number of fused-ring (bicyclic) bond motifs is 3. The molecule has 2 atom stereocenters. The Morgan fingerprint density at radius 2 is 1.76 bits per heavy atom. The van der Waals surface area contributed by atoms with Crippen LogP contribution in [0, 0.1) is 11.2 Å². The van der Waals surface area contributed by atoms with Gasteiger partial charge < -0.3 is 0 Å². The largest absolute Gasteiger partial charge is 0.416 e. The lowest BCUT2D eigenvalue weighted by Gasteiger charge is -2.46. The van der Waals surface area contributed by atoms with Gasteiger partial charge in [-0.2, -0.15) is 23.4 Å². The lowest BCUT2D eigenvalue weighted by molar-refractivity contribution is -0.137. The average molecular weight is 726 g/mol. The van der Waals surface area contributed by atoms with E-state index in [0.717, 1.165) is 30.4 Å². The van der Waals surface area contributed by atoms with Crippen LogP contribution >= 0.6 is 0 Å². The number of carbonyl (C=O) groups is 1. The first kappa shape index (κ1) is 34.5. The number of hydrogen-bond donors (Lipinski definition) is 0. The number of halogens is 4. The van der Waals surface area contributed by atoms with Crippen molar-refractivity contribution in [3.8, 4) is 5.69 Å². The number of rotatable bonds is 6. The first-order valence-corrected chi connectivity index (χ1v) is 21.0. The molecule has 1 fully saturated rings. The molecule has 0 N–H and O–H groups in total. The third kappa shape index (κ3) is 5.66. The van der Waals surface area contributed by atoms with Crippen LogP contribution in [0.3, 0.4) is 0 Å². The van der Waals surface area contributed by atoms with Crippen LogP contribution in [0.1, 0.15) is 66.6 Å². The van der Waals surface area contributed by atoms with Gasteiger partial charge in [0.25, 0.3) is 0 Å². The van der Waals surface area contributed by atoms with Crippen molar-refractivity contribution in [2.45, 2.75) is 82.2 Å². The number of alkyl halides is 3. The van der Waals surface area contributed by atoms with Gasteiger partial charge in [-0.3, -0.25) is 18.5 Å². The van der Waals surface area contributed by atoms with E-state index in [-0.39, 0.29) is 23.7 Å². The van der Waals surface area contributed by atoms with Crippen LogP contribution in [0.15, 0.2) is 69.5 Å². The fourth-order valence-corrected chi connectivity index (χ4v) is 13.1. The Morgan fingerprint density at radius 3 is 2.46 bits per heavy atom. The Bertz CT molecular complexity index is 2160. The summed E-state index contributed by atoms with van der Waals surface area (Å²) >= 11 is 0. The van der Waals surface area contributed by atoms with E-state index >= 15 is 4.21 Å². The molecular weight excluding hydrogens is 687 g/mol. The van der Waals surface area contributed by atoms with Crippen molar-refractivity contribution in [2.24, 2.45) is 9.44 Å². The van der Waals surface area contributed by atoms with Gasteiger partial charge in [-0.15, -0.1) is 0 Å². The molecule has 15 heteroatoms. The molecule has 0 spiro atoms. The Balaban J connectivity index is 1.41. The molecule has 264 valence electrons. The van der Waals surface area contributed by atoms with Gasteiger partial charge in [0.1, 0.15) is 26.3 Å². The molecule has 9 nitrogen and oxygen atoms in total. The highest BCUT2D eigenvalue weighted by Crippen LogP contribution is 2.49. The number of aromatic nitrogens is 5. The number of nitrogens with zero attached hydrogens (tertiary/aromatic N) is 7. The molecule has 0 radical (unpaired) electrons. The van der Waals surface area contributed by atoms with Crippen molar-refractivity contribution in [3.63, 3.8) is 0 Å². The number of carbonyl (C=O) groups excluding carboxylic acids is 1. The quantitative estimate of drug-likeness (QED) is 0.116. The molecule has 0 saturated carbocycles. The first-order chi connectivity index (χ1) is 23.4. The zero-order valence-electron chi connectivity index (χ0n) is 28.6. The fourth-order valence-electron chi connectivity index (χ4n) is 6.94. The van der Waals surface area contributed by atoms with Gasteiger partial charge in [-0.25, -0.2) is 17.6 Å². The van der Waals surface area contributed by atoms with Crippen LogP contribution in [0.25, 0.3) is 11.8 Å². The molecule has 1 aromatic carbocycles. The van der Waals surface area contributed by atoms with Crippen LogP contribution in [0.5, 0.6) is 0 Å². The average Bonchev–Trinajstić information content (AvgIpc) is 3.79. The van der Waals surface area contributed by atoms with E-state index in [1.54, 1.807) is 33.5 Å². The number of ketones is 1. The van der Waals surface area contributed by atoms with Crippen LogP contribution < -0.4 is 0 Å². The molecule has 5 heterocycles. The summed E-state index contributed by atoms with van der Waals surface area (Å²) < 4.78 is 81.9. The van der Waals surface area contributed by atoms with E-state index in [0.29, 0.717) is 53.3 Å². The standard InChI is InChI=1S/C35H39F4N7O2SSi/c1-33(2,3)50(4,5)43-49(48,31-21-41-45-15-6-7-29(31)45)44-16-13-24-18-30-23(20-42-46(30)27-10-8-26(36)9-11-27)19-34(24,22-44)32(47)28-17-25(12-14-40-28)35(37,38)39/h8-12,14,17-18,20-21H,6-7,13,15-16,19,22H2,1-5H3/t34-,49?/m0/s1. The molecule has 3 aliphatic rings. The molecule has 7 rings (SSSR count). The highest BCUT2D eigenvalue weighted by molar-refractivity contribution is 7.92. The highest BCUT2D eigenvalue weighted by Gasteiger charge is 2.52. The molecular formula is C35H39F4N7O2SSi. The second-order valence-corrected chi connectivity index (χ2v) is 22.2. The Morgan fingerprint density at radius 1 is 1.02 bits per heavy atom. The van der Waals surface area contributed by atoms with Gasteiger partial charge in [0, 0.05) is 25.8 Å². The van der Waals surface area contributed by atoms with Gasteiger partial charge in [0.05, 0.1) is 40.4 Å². The van der Waals surface area contributed by atoms with E-state index in [9.17, 15) is 22.4 Å². The maximum absolute atomic E-state index is 15.8. The minimum Gasteiger partial charge on any atom is -0.291 e. The van der Waals surface area contributed by atoms with Gasteiger partial charge in [0.2, 0.25) is 0 Å². The maximum Gasteiger partial charge on any atom is 0.416 e. The third-order valence-corrected chi connectivity index (χ3v) is 19.1. The molecule has 50 heavy (non-hydrogen) atoms. The zero-order valence-corrected chi connectivity index (χ0v) is 30.4. The number of aryl methyl sites for hydroxylation is 1. The van der Waals surface area contributed by atoms with Gasteiger partial charge in [0.15, 0.2) is 14.0 Å². The lowest BCUT2D eigenvalue weighted by Crippen LogP contribution is -2.54. The van der Waals surface area contributed by atoms with Crippen molar-refractivity contribution < 1.29 is 26.6 Å². The normalized spacial score (nSPS) is 20.8. The van der Waals surface area contributed by atoms with Crippen molar-refractivity contribution >= 4 is 30.0 Å². The molecule has 1 aliphatic carbocycles. The van der Waals surface area contributed by atoms with Gasteiger partial charge in [-0.1, -0.05) is 26.3 Å². The van der Waals surface area contributed by atoms with E-state index in [1.165, 1.54) is 12.1 Å². The summed E-state index contributed by atoms with van der Waals surface area (Å²) in [4.78, 5) is 19.6. The van der Waals surface area contributed by atoms with Crippen molar-refractivity contribution in [1.29, 1.82) is 0 Å². The molecule has 2 aliphatic heterocycles. The SMILES string of the molecule is CC(C)(C)[Si](C)(C)N=S(=O)(c1cnn2c1CCC2)N1CCC2=Cc3c(cnn3-c3ccc(F)cc3)C[C@]2(C(=O)c2cc(C(F)(F)F)ccn2)C1. The molecule has 0 amide bonds. The molecule has 1 saturated heterocycles. The van der Waals surface area contributed by atoms with E-state index < -0.39 is 46.9 Å². The van der Waals surface area contributed by atoms with Crippen LogP contribution in [0.2, 0.25) is 18.1 Å². The zero-order chi connectivity index (χ0) is 35.9. The van der Waals surface area contributed by atoms with Gasteiger partial charge >= 0.3 is 6.18 Å². The summed E-state index contributed by atoms with van der Waals surface area (Å²) in [6, 6.07) is 7.51. The van der Waals surface area contributed by atoms with Crippen molar-refractivity contribution in [2.75, 3.05) is 13.1 Å². The number of hydrogen-bond acceptors (Lipinski definition) is 6. The summed E-state index contributed by atoms with van der Waals surface area (Å²) in [5.74, 6) is -0.983. The van der Waals surface area contributed by atoms with E-state index in [1.807, 2.05) is 10.8 Å². The predicted molar refractivity (Wildman–Crippen MR) is 184 cm³/mol. The monoisotopic (exact) mass is 725 g/mol. The summed E-state index contributed by atoms with van der Waals surface area (Å²) in [6.45, 7) is 11.4. The van der Waals surface area contributed by atoms with Crippen LogP contribution in [0.4, 0.5) is 17.6 Å². The highest BCUT2D eigenvalue weighted by atomic mass is 32.2. The second kappa shape index (κ2) is 11.8. The minimum atomic E-state index is -4.68. The lowest BCUT2D eigenvalue weighted by atomic mass is 9.65. The topological polar surface area (TPSA) is 98.3 Å². The number of benzene rings is 1. The van der Waals surface area contributed by atoms with Crippen LogP contribution in [-0.4, -0.2) is 60.2 Å². The summed E-state index contributed by atoms with van der Waals surface area (Å²) in [5, 5.41) is 8.88. The predicted octanol–water partition coefficient (Wildman–Crippen LogP) is 7.53. The third-order valence-electron chi connectivity index (χ3n) is 10.7. The Hall–Kier alpha value is -3.95. The smallest absolute Gasteiger partial charge is 0.291 e.